The highest BCUT2D eigenvalue weighted by molar-refractivity contribution is 9.13. The van der Waals surface area contributed by atoms with Crippen LogP contribution < -0.4 is 0 Å². The summed E-state index contributed by atoms with van der Waals surface area (Å²) in [4.78, 5) is 0.980. The lowest BCUT2D eigenvalue weighted by atomic mass is 9.82. The third kappa shape index (κ3) is 2.85. The second kappa shape index (κ2) is 4.85. The van der Waals surface area contributed by atoms with E-state index >= 15 is 0 Å². The minimum absolute atomic E-state index is 0.116. The lowest BCUT2D eigenvalue weighted by Crippen LogP contribution is -2.32. The summed E-state index contributed by atoms with van der Waals surface area (Å²) in [6.07, 6.45) is 0.392. The fraction of sp³-hybridized carbons (Fsp3) is 0.692. The number of hydrogen-bond acceptors (Lipinski definition) is 3. The molecule has 1 N–H and O–H groups in total. The molecule has 1 aromatic heterocycles. The van der Waals surface area contributed by atoms with Crippen molar-refractivity contribution in [2.24, 2.45) is 5.92 Å². The summed E-state index contributed by atoms with van der Waals surface area (Å²) >= 11 is 8.51. The molecule has 1 aliphatic heterocycles. The molecule has 2 nitrogen and oxygen atoms in total. The monoisotopic (exact) mass is 396 g/mol. The van der Waals surface area contributed by atoms with Crippen LogP contribution in [0.25, 0.3) is 0 Å². The molecule has 2 unspecified atom stereocenters. The Labute approximate surface area is 129 Å². The number of aliphatic hydroxyl groups excluding tert-OH is 1. The van der Waals surface area contributed by atoms with E-state index in [9.17, 15) is 5.11 Å². The average molecular weight is 398 g/mol. The second-order valence-corrected chi connectivity index (χ2v) is 9.25. The van der Waals surface area contributed by atoms with E-state index in [1.807, 2.05) is 6.07 Å². The number of rotatable bonds is 2. The van der Waals surface area contributed by atoms with Crippen LogP contribution in [0.15, 0.2) is 14.3 Å². The zero-order valence-electron chi connectivity index (χ0n) is 11.0. The van der Waals surface area contributed by atoms with E-state index < -0.39 is 6.10 Å². The number of halogens is 2. The molecule has 2 heterocycles. The smallest absolute Gasteiger partial charge is 0.0939 e. The quantitative estimate of drug-likeness (QED) is 0.768. The molecule has 0 radical (unpaired) electrons. The van der Waals surface area contributed by atoms with Crippen LogP contribution in [0, 0.1) is 5.92 Å². The molecule has 1 fully saturated rings. The van der Waals surface area contributed by atoms with E-state index in [0.29, 0.717) is 0 Å². The normalized spacial score (nSPS) is 27.4. The maximum atomic E-state index is 10.6. The highest BCUT2D eigenvalue weighted by atomic mass is 79.9. The number of ether oxygens (including phenoxy) is 1. The molecule has 0 aliphatic carbocycles. The van der Waals surface area contributed by atoms with E-state index in [1.165, 1.54) is 0 Å². The van der Waals surface area contributed by atoms with Crippen LogP contribution in [0.4, 0.5) is 0 Å². The van der Waals surface area contributed by atoms with E-state index in [2.05, 4.69) is 59.6 Å². The Hall–Kier alpha value is 0.580. The predicted molar refractivity (Wildman–Crippen MR) is 82.0 cm³/mol. The maximum Gasteiger partial charge on any atom is 0.0939 e. The third-order valence-corrected chi connectivity index (χ3v) is 6.81. The van der Waals surface area contributed by atoms with E-state index in [0.717, 1.165) is 19.6 Å². The number of hydrogen-bond donors (Lipinski definition) is 1. The van der Waals surface area contributed by atoms with Gasteiger partial charge in [-0.2, -0.15) is 0 Å². The van der Waals surface area contributed by atoms with Crippen molar-refractivity contribution in [1.29, 1.82) is 0 Å². The van der Waals surface area contributed by atoms with Gasteiger partial charge in [0.05, 0.1) is 21.1 Å². The predicted octanol–water partition coefficient (Wildman–Crippen LogP) is 4.90. The SMILES string of the molecule is CC1(C)CC(C(O)c2cc(Br)c(Br)s2)C(C)(C)O1. The van der Waals surface area contributed by atoms with Gasteiger partial charge >= 0.3 is 0 Å². The second-order valence-electron chi connectivity index (χ2n) is 5.99. The summed E-state index contributed by atoms with van der Waals surface area (Å²) in [5, 5.41) is 10.6. The van der Waals surface area contributed by atoms with E-state index in [-0.39, 0.29) is 17.1 Å². The van der Waals surface area contributed by atoms with Crippen molar-refractivity contribution in [3.8, 4) is 0 Å². The highest BCUT2D eigenvalue weighted by Gasteiger charge is 2.49. The summed E-state index contributed by atoms with van der Waals surface area (Å²) in [7, 11) is 0. The summed E-state index contributed by atoms with van der Waals surface area (Å²) < 4.78 is 8.07. The molecule has 18 heavy (non-hydrogen) atoms. The first-order chi connectivity index (χ1) is 8.12. The summed E-state index contributed by atoms with van der Waals surface area (Å²) in [5.74, 6) is 0.116. The first-order valence-electron chi connectivity index (χ1n) is 5.95. The van der Waals surface area contributed by atoms with E-state index in [4.69, 9.17) is 4.74 Å². The Morgan fingerprint density at radius 2 is 2.00 bits per heavy atom. The van der Waals surface area contributed by atoms with Gasteiger partial charge in [-0.05, 0) is 72.0 Å². The largest absolute Gasteiger partial charge is 0.387 e. The molecule has 5 heteroatoms. The van der Waals surface area contributed by atoms with Crippen LogP contribution in [0.1, 0.15) is 45.1 Å². The zero-order chi connectivity index (χ0) is 13.7. The van der Waals surface area contributed by atoms with Crippen molar-refractivity contribution >= 4 is 43.2 Å². The van der Waals surface area contributed by atoms with Gasteiger partial charge in [-0.3, -0.25) is 0 Å². The molecule has 2 rings (SSSR count). The average Bonchev–Trinajstić information content (AvgIpc) is 2.63. The molecule has 0 aromatic carbocycles. The van der Waals surface area contributed by atoms with Crippen LogP contribution in [0.3, 0.4) is 0 Å². The minimum Gasteiger partial charge on any atom is -0.387 e. The summed E-state index contributed by atoms with van der Waals surface area (Å²) in [6.45, 7) is 8.30. The van der Waals surface area contributed by atoms with Crippen LogP contribution in [-0.2, 0) is 4.74 Å². The minimum atomic E-state index is -0.477. The van der Waals surface area contributed by atoms with Crippen LogP contribution >= 0.6 is 43.2 Å². The lowest BCUT2D eigenvalue weighted by molar-refractivity contribution is -0.0877. The number of aliphatic hydroxyl groups is 1. The molecule has 1 aliphatic rings. The van der Waals surface area contributed by atoms with Crippen LogP contribution in [-0.4, -0.2) is 16.3 Å². The van der Waals surface area contributed by atoms with Crippen molar-refractivity contribution in [3.63, 3.8) is 0 Å². The van der Waals surface area contributed by atoms with Gasteiger partial charge in [-0.25, -0.2) is 0 Å². The van der Waals surface area contributed by atoms with Crippen molar-refractivity contribution in [2.45, 2.75) is 51.4 Å². The van der Waals surface area contributed by atoms with E-state index in [1.54, 1.807) is 11.3 Å². The Morgan fingerprint density at radius 3 is 2.39 bits per heavy atom. The molecule has 1 saturated heterocycles. The molecule has 0 spiro atoms. The Bertz CT molecular complexity index is 434. The van der Waals surface area contributed by atoms with Gasteiger partial charge in [-0.1, -0.05) is 0 Å². The molecule has 2 atom stereocenters. The van der Waals surface area contributed by atoms with Gasteiger partial charge < -0.3 is 9.84 Å². The Kier molecular flexibility index (Phi) is 4.03. The number of thiophene rings is 1. The zero-order valence-corrected chi connectivity index (χ0v) is 14.9. The van der Waals surface area contributed by atoms with Crippen LogP contribution in [0.2, 0.25) is 0 Å². The van der Waals surface area contributed by atoms with Gasteiger partial charge in [0.15, 0.2) is 0 Å². The summed E-state index contributed by atoms with van der Waals surface area (Å²) in [5.41, 5.74) is -0.466. The molecule has 1 aromatic rings. The summed E-state index contributed by atoms with van der Waals surface area (Å²) in [6, 6.07) is 1.99. The first kappa shape index (κ1) is 15.0. The fourth-order valence-electron chi connectivity index (χ4n) is 2.80. The molecule has 102 valence electrons. The molecule has 0 saturated carbocycles. The Balaban J connectivity index is 2.26. The first-order valence-corrected chi connectivity index (χ1v) is 8.35. The van der Waals surface area contributed by atoms with Gasteiger partial charge in [0, 0.05) is 15.3 Å². The van der Waals surface area contributed by atoms with Crippen molar-refractivity contribution in [1.82, 2.24) is 0 Å². The maximum absolute atomic E-state index is 10.6. The van der Waals surface area contributed by atoms with Gasteiger partial charge in [0.1, 0.15) is 0 Å². The fourth-order valence-corrected chi connectivity index (χ4v) is 4.95. The van der Waals surface area contributed by atoms with Crippen molar-refractivity contribution in [3.05, 3.63) is 19.2 Å². The molecule has 0 bridgehead atoms. The lowest BCUT2D eigenvalue weighted by Gasteiger charge is -2.29. The van der Waals surface area contributed by atoms with Gasteiger partial charge in [0.25, 0.3) is 0 Å². The highest BCUT2D eigenvalue weighted by Crippen LogP contribution is 2.49. The van der Waals surface area contributed by atoms with Crippen LogP contribution in [0.5, 0.6) is 0 Å². The van der Waals surface area contributed by atoms with Gasteiger partial charge in [-0.15, -0.1) is 11.3 Å². The molecule has 0 amide bonds. The molecular formula is C13H18Br2O2S. The topological polar surface area (TPSA) is 29.5 Å². The van der Waals surface area contributed by atoms with Crippen molar-refractivity contribution < 1.29 is 9.84 Å². The molecular weight excluding hydrogens is 380 g/mol. The Morgan fingerprint density at radius 1 is 1.39 bits per heavy atom. The standard InChI is InChI=1S/C13H18Br2O2S/c1-12(2)6-7(13(3,4)17-12)10(16)9-5-8(14)11(15)18-9/h5,7,10,16H,6H2,1-4H3. The van der Waals surface area contributed by atoms with Gasteiger partial charge in [0.2, 0.25) is 0 Å². The van der Waals surface area contributed by atoms with Crippen molar-refractivity contribution in [2.75, 3.05) is 0 Å². The third-order valence-electron chi connectivity index (χ3n) is 3.48.